The number of furan rings is 1. The van der Waals surface area contributed by atoms with E-state index in [4.69, 9.17) is 9.41 Å². The van der Waals surface area contributed by atoms with Crippen LogP contribution < -0.4 is 10.6 Å². The number of aliphatic imine (C=N–C) groups is 1. The molecule has 0 spiro atoms. The predicted octanol–water partition coefficient (Wildman–Crippen LogP) is 5.16. The minimum atomic E-state index is 0. The molecule has 0 unspecified atom stereocenters. The highest BCUT2D eigenvalue weighted by molar-refractivity contribution is 14.0. The summed E-state index contributed by atoms with van der Waals surface area (Å²) in [6.07, 6.45) is 1.84. The van der Waals surface area contributed by atoms with Crippen molar-refractivity contribution < 1.29 is 4.42 Å². The number of pyridine rings is 1. The molecule has 0 aliphatic heterocycles. The molecule has 2 aromatic carbocycles. The highest BCUT2D eigenvalue weighted by Crippen LogP contribution is 2.24. The second-order valence-electron chi connectivity index (χ2n) is 6.67. The van der Waals surface area contributed by atoms with Crippen LogP contribution in [-0.2, 0) is 13.1 Å². The first-order valence-corrected chi connectivity index (χ1v) is 9.58. The predicted molar refractivity (Wildman–Crippen MR) is 130 cm³/mol. The van der Waals surface area contributed by atoms with Crippen molar-refractivity contribution in [3.05, 3.63) is 77.8 Å². The number of guanidine groups is 1. The summed E-state index contributed by atoms with van der Waals surface area (Å²) in [6.45, 7) is 6.02. The number of benzene rings is 2. The molecule has 2 N–H and O–H groups in total. The third kappa shape index (κ3) is 4.70. The number of nitrogens with zero attached hydrogens (tertiary/aromatic N) is 2. The zero-order valence-corrected chi connectivity index (χ0v) is 18.9. The van der Waals surface area contributed by atoms with Gasteiger partial charge in [0, 0.05) is 29.1 Å². The lowest BCUT2D eigenvalue weighted by atomic mass is 10.1. The van der Waals surface area contributed by atoms with Gasteiger partial charge in [0.05, 0.1) is 18.8 Å². The minimum absolute atomic E-state index is 0. The molecule has 150 valence electrons. The molecular weight excluding hydrogens is 475 g/mol. The lowest BCUT2D eigenvalue weighted by Gasteiger charge is -2.11. The molecule has 0 radical (unpaired) electrons. The van der Waals surface area contributed by atoms with Gasteiger partial charge >= 0.3 is 0 Å². The molecule has 29 heavy (non-hydrogen) atoms. The van der Waals surface area contributed by atoms with Crippen molar-refractivity contribution in [2.75, 3.05) is 6.54 Å². The van der Waals surface area contributed by atoms with E-state index >= 15 is 0 Å². The number of fused-ring (bicyclic) bond motifs is 2. The number of para-hydroxylation sites is 1. The van der Waals surface area contributed by atoms with E-state index in [1.54, 1.807) is 0 Å². The first kappa shape index (κ1) is 21.1. The summed E-state index contributed by atoms with van der Waals surface area (Å²) in [5.74, 6) is 1.67. The van der Waals surface area contributed by atoms with Gasteiger partial charge in [-0.25, -0.2) is 4.99 Å². The van der Waals surface area contributed by atoms with Gasteiger partial charge in [-0.3, -0.25) is 4.98 Å². The van der Waals surface area contributed by atoms with Gasteiger partial charge in [-0.15, -0.1) is 24.0 Å². The molecule has 2 aromatic heterocycles. The maximum atomic E-state index is 5.99. The molecule has 5 nitrogen and oxygen atoms in total. The summed E-state index contributed by atoms with van der Waals surface area (Å²) in [4.78, 5) is 9.24. The van der Waals surface area contributed by atoms with Gasteiger partial charge < -0.3 is 15.1 Å². The van der Waals surface area contributed by atoms with E-state index in [9.17, 15) is 0 Å². The van der Waals surface area contributed by atoms with E-state index in [0.29, 0.717) is 13.1 Å². The molecular formula is C23H25IN4O. The Hall–Kier alpha value is -2.61. The van der Waals surface area contributed by atoms with E-state index in [2.05, 4.69) is 47.7 Å². The van der Waals surface area contributed by atoms with Gasteiger partial charge in [-0.2, -0.15) is 0 Å². The Morgan fingerprint density at radius 1 is 1.00 bits per heavy atom. The molecule has 0 amide bonds. The van der Waals surface area contributed by atoms with Crippen LogP contribution in [0.4, 0.5) is 0 Å². The van der Waals surface area contributed by atoms with E-state index in [1.807, 2.05) is 42.6 Å². The first-order valence-electron chi connectivity index (χ1n) is 9.58. The Morgan fingerprint density at radius 2 is 1.76 bits per heavy atom. The van der Waals surface area contributed by atoms with Crippen molar-refractivity contribution in [3.8, 4) is 0 Å². The van der Waals surface area contributed by atoms with E-state index in [0.717, 1.165) is 45.9 Å². The van der Waals surface area contributed by atoms with Gasteiger partial charge in [-0.1, -0.05) is 42.5 Å². The SMILES string of the molecule is CCNC(=NCc1nccc2ccccc12)NCc1oc2ccccc2c1C.I. The summed E-state index contributed by atoms with van der Waals surface area (Å²) in [7, 11) is 0. The van der Waals surface area contributed by atoms with Gasteiger partial charge in [0.2, 0.25) is 0 Å². The van der Waals surface area contributed by atoms with Crippen molar-refractivity contribution in [3.63, 3.8) is 0 Å². The normalized spacial score (nSPS) is 11.4. The molecule has 0 aliphatic rings. The molecule has 0 bridgehead atoms. The van der Waals surface area contributed by atoms with Gasteiger partial charge in [0.15, 0.2) is 5.96 Å². The Bertz CT molecular complexity index is 1130. The zero-order valence-electron chi connectivity index (χ0n) is 16.6. The minimum Gasteiger partial charge on any atom is -0.459 e. The average Bonchev–Trinajstić information content (AvgIpc) is 3.06. The summed E-state index contributed by atoms with van der Waals surface area (Å²) in [5, 5.41) is 10.1. The summed E-state index contributed by atoms with van der Waals surface area (Å²) in [5.41, 5.74) is 3.04. The fraction of sp³-hybridized carbons (Fsp3) is 0.217. The molecule has 4 aromatic rings. The molecule has 0 saturated carbocycles. The third-order valence-corrected chi connectivity index (χ3v) is 4.85. The largest absolute Gasteiger partial charge is 0.459 e. The van der Waals surface area contributed by atoms with Crippen molar-refractivity contribution >= 4 is 51.7 Å². The van der Waals surface area contributed by atoms with E-state index in [-0.39, 0.29) is 24.0 Å². The number of hydrogen-bond acceptors (Lipinski definition) is 3. The summed E-state index contributed by atoms with van der Waals surface area (Å²) in [6, 6.07) is 18.4. The number of aromatic nitrogens is 1. The molecule has 4 rings (SSSR count). The number of aryl methyl sites for hydroxylation is 1. The Morgan fingerprint density at radius 3 is 2.55 bits per heavy atom. The van der Waals surface area contributed by atoms with Gasteiger partial charge in [-0.05, 0) is 31.4 Å². The number of rotatable bonds is 5. The van der Waals surface area contributed by atoms with Crippen LogP contribution in [0.25, 0.3) is 21.7 Å². The van der Waals surface area contributed by atoms with Crippen LogP contribution >= 0.6 is 24.0 Å². The van der Waals surface area contributed by atoms with Crippen LogP contribution in [0.2, 0.25) is 0 Å². The topological polar surface area (TPSA) is 62.5 Å². The van der Waals surface area contributed by atoms with Crippen LogP contribution in [0.5, 0.6) is 0 Å². The highest BCUT2D eigenvalue weighted by Gasteiger charge is 2.10. The van der Waals surface area contributed by atoms with Crippen LogP contribution in [0, 0.1) is 6.92 Å². The molecule has 0 fully saturated rings. The van der Waals surface area contributed by atoms with Crippen LogP contribution in [0.15, 0.2) is 70.2 Å². The quantitative estimate of drug-likeness (QED) is 0.226. The molecule has 0 saturated heterocycles. The molecule has 0 atom stereocenters. The van der Waals surface area contributed by atoms with Crippen molar-refractivity contribution in [1.29, 1.82) is 0 Å². The first-order chi connectivity index (χ1) is 13.8. The highest BCUT2D eigenvalue weighted by atomic mass is 127. The lowest BCUT2D eigenvalue weighted by Crippen LogP contribution is -2.36. The fourth-order valence-electron chi connectivity index (χ4n) is 3.36. The number of hydrogen-bond donors (Lipinski definition) is 2. The fourth-order valence-corrected chi connectivity index (χ4v) is 3.36. The number of halogens is 1. The Labute approximate surface area is 187 Å². The van der Waals surface area contributed by atoms with Crippen molar-refractivity contribution in [2.24, 2.45) is 4.99 Å². The Balaban J connectivity index is 0.00000240. The van der Waals surface area contributed by atoms with Crippen LogP contribution in [0.3, 0.4) is 0 Å². The summed E-state index contributed by atoms with van der Waals surface area (Å²) < 4.78 is 5.99. The maximum Gasteiger partial charge on any atom is 0.192 e. The lowest BCUT2D eigenvalue weighted by molar-refractivity contribution is 0.534. The van der Waals surface area contributed by atoms with E-state index in [1.165, 1.54) is 5.39 Å². The Kier molecular flexibility index (Phi) is 7.09. The average molecular weight is 500 g/mol. The van der Waals surface area contributed by atoms with Crippen LogP contribution in [0.1, 0.15) is 23.9 Å². The molecule has 2 heterocycles. The smallest absolute Gasteiger partial charge is 0.192 e. The van der Waals surface area contributed by atoms with Crippen molar-refractivity contribution in [1.82, 2.24) is 15.6 Å². The monoisotopic (exact) mass is 500 g/mol. The third-order valence-electron chi connectivity index (χ3n) is 4.85. The standard InChI is InChI=1S/C23H24N4O.HI/c1-3-24-23(26-14-20-19-10-5-4-8-17(19)12-13-25-20)27-15-22-16(2)18-9-6-7-11-21(18)28-22;/h4-13H,3,14-15H2,1-2H3,(H2,24,26,27);1H. The zero-order chi connectivity index (χ0) is 19.3. The number of nitrogens with one attached hydrogen (secondary N) is 2. The summed E-state index contributed by atoms with van der Waals surface area (Å²) >= 11 is 0. The van der Waals surface area contributed by atoms with E-state index < -0.39 is 0 Å². The van der Waals surface area contributed by atoms with Gasteiger partial charge in [0.25, 0.3) is 0 Å². The second kappa shape index (κ2) is 9.73. The van der Waals surface area contributed by atoms with Crippen LogP contribution in [-0.4, -0.2) is 17.5 Å². The van der Waals surface area contributed by atoms with Gasteiger partial charge in [0.1, 0.15) is 11.3 Å². The van der Waals surface area contributed by atoms with Crippen molar-refractivity contribution in [2.45, 2.75) is 26.9 Å². The maximum absolute atomic E-state index is 5.99. The molecule has 0 aliphatic carbocycles. The molecule has 6 heteroatoms. The second-order valence-corrected chi connectivity index (χ2v) is 6.67.